The fourth-order valence-electron chi connectivity index (χ4n) is 2.55. The van der Waals surface area contributed by atoms with E-state index < -0.39 is 12.7 Å². The lowest BCUT2D eigenvalue weighted by Crippen LogP contribution is -2.17. The Morgan fingerprint density at radius 3 is 1.43 bits per heavy atom. The first-order chi connectivity index (χ1) is 13.1. The molecule has 0 N–H and O–H groups in total. The molecule has 0 aliphatic carbocycles. The highest BCUT2D eigenvalue weighted by atomic mass is 19.4. The molecule has 0 aliphatic rings. The molecular formula is C19H11F6NO2. The minimum atomic E-state index is -4.79. The van der Waals surface area contributed by atoms with Gasteiger partial charge in [0.15, 0.2) is 0 Å². The second-order valence-electron chi connectivity index (χ2n) is 5.57. The molecule has 0 aliphatic heterocycles. The van der Waals surface area contributed by atoms with Crippen LogP contribution in [0.15, 0.2) is 67.0 Å². The largest absolute Gasteiger partial charge is 0.573 e. The molecule has 0 bridgehead atoms. The summed E-state index contributed by atoms with van der Waals surface area (Å²) in [6.45, 7) is 0. The molecule has 0 spiro atoms. The van der Waals surface area contributed by atoms with E-state index in [0.717, 1.165) is 0 Å². The number of hydrogen-bond acceptors (Lipinski definition) is 3. The van der Waals surface area contributed by atoms with E-state index in [1.54, 1.807) is 6.07 Å². The van der Waals surface area contributed by atoms with E-state index in [9.17, 15) is 26.3 Å². The van der Waals surface area contributed by atoms with E-state index in [-0.39, 0.29) is 11.5 Å². The first kappa shape index (κ1) is 19.5. The van der Waals surface area contributed by atoms with Gasteiger partial charge in [-0.15, -0.1) is 26.3 Å². The Bertz CT molecular complexity index is 856. The Kier molecular flexibility index (Phi) is 5.17. The Hall–Kier alpha value is -3.23. The molecule has 3 aromatic rings. The maximum Gasteiger partial charge on any atom is 0.573 e. The summed E-state index contributed by atoms with van der Waals surface area (Å²) in [5, 5.41) is 0. The molecular weight excluding hydrogens is 388 g/mol. The van der Waals surface area contributed by atoms with E-state index in [1.165, 1.54) is 60.9 Å². The molecule has 0 fully saturated rings. The minimum Gasteiger partial charge on any atom is -0.406 e. The van der Waals surface area contributed by atoms with Crippen LogP contribution in [-0.2, 0) is 0 Å². The molecule has 0 saturated heterocycles. The highest BCUT2D eigenvalue weighted by Gasteiger charge is 2.31. The number of alkyl halides is 6. The van der Waals surface area contributed by atoms with Crippen molar-refractivity contribution in [3.8, 4) is 33.8 Å². The molecule has 0 atom stereocenters. The third-order valence-electron chi connectivity index (χ3n) is 3.62. The van der Waals surface area contributed by atoms with Gasteiger partial charge in [0, 0.05) is 18.0 Å². The molecule has 1 heterocycles. The maximum atomic E-state index is 12.3. The molecule has 0 amide bonds. The lowest BCUT2D eigenvalue weighted by molar-refractivity contribution is -0.275. The predicted octanol–water partition coefficient (Wildman–Crippen LogP) is 6.21. The zero-order valence-corrected chi connectivity index (χ0v) is 13.9. The minimum absolute atomic E-state index is 0.361. The number of pyridine rings is 1. The van der Waals surface area contributed by atoms with Crippen molar-refractivity contribution in [1.29, 1.82) is 0 Å². The molecule has 28 heavy (non-hydrogen) atoms. The summed E-state index contributed by atoms with van der Waals surface area (Å²) in [6, 6.07) is 12.1. The van der Waals surface area contributed by atoms with Gasteiger partial charge in [-0.2, -0.15) is 0 Å². The normalized spacial score (nSPS) is 11.9. The van der Waals surface area contributed by atoms with Crippen molar-refractivity contribution in [1.82, 2.24) is 4.98 Å². The molecule has 0 radical (unpaired) electrons. The van der Waals surface area contributed by atoms with Crippen molar-refractivity contribution >= 4 is 0 Å². The van der Waals surface area contributed by atoms with E-state index >= 15 is 0 Å². The summed E-state index contributed by atoms with van der Waals surface area (Å²) < 4.78 is 81.3. The number of hydrogen-bond donors (Lipinski definition) is 0. The van der Waals surface area contributed by atoms with Crippen LogP contribution in [0.4, 0.5) is 26.3 Å². The number of aromatic nitrogens is 1. The highest BCUT2D eigenvalue weighted by molar-refractivity contribution is 5.83. The van der Waals surface area contributed by atoms with Crippen LogP contribution in [0.5, 0.6) is 11.5 Å². The van der Waals surface area contributed by atoms with Crippen molar-refractivity contribution in [2.24, 2.45) is 0 Å². The van der Waals surface area contributed by atoms with Crippen LogP contribution in [0.25, 0.3) is 22.3 Å². The van der Waals surface area contributed by atoms with Gasteiger partial charge in [0.1, 0.15) is 11.5 Å². The number of ether oxygens (including phenoxy) is 2. The van der Waals surface area contributed by atoms with Gasteiger partial charge in [-0.3, -0.25) is 4.98 Å². The predicted molar refractivity (Wildman–Crippen MR) is 88.5 cm³/mol. The maximum absolute atomic E-state index is 12.3. The van der Waals surface area contributed by atoms with Crippen LogP contribution in [-0.4, -0.2) is 17.7 Å². The summed E-state index contributed by atoms with van der Waals surface area (Å²) in [5.41, 5.74) is 2.37. The van der Waals surface area contributed by atoms with E-state index in [4.69, 9.17) is 0 Å². The lowest BCUT2D eigenvalue weighted by Gasteiger charge is -2.13. The SMILES string of the molecule is FC(F)(F)Oc1ccc(-c2ccncc2-c2ccc(OC(F)(F)F)cc2)cc1. The molecule has 3 rings (SSSR count). The van der Waals surface area contributed by atoms with Crippen molar-refractivity contribution in [2.75, 3.05) is 0 Å². The molecule has 3 nitrogen and oxygen atoms in total. The van der Waals surface area contributed by atoms with Crippen molar-refractivity contribution < 1.29 is 35.8 Å². The standard InChI is InChI=1S/C19H11F6NO2/c20-18(21,22)27-14-5-1-12(2-6-14)16-9-10-26-11-17(16)13-3-7-15(8-4-13)28-19(23,24)25/h1-11H. The molecule has 0 saturated carbocycles. The molecule has 9 heteroatoms. The van der Waals surface area contributed by atoms with Gasteiger partial charge in [-0.05, 0) is 47.0 Å². The zero-order valence-electron chi connectivity index (χ0n) is 13.9. The Labute approximate surface area is 155 Å². The van der Waals surface area contributed by atoms with Gasteiger partial charge in [-0.1, -0.05) is 24.3 Å². The monoisotopic (exact) mass is 399 g/mol. The van der Waals surface area contributed by atoms with E-state index in [2.05, 4.69) is 14.5 Å². The van der Waals surface area contributed by atoms with E-state index in [0.29, 0.717) is 22.3 Å². The van der Waals surface area contributed by atoms with E-state index in [1.807, 2.05) is 0 Å². The summed E-state index contributed by atoms with van der Waals surface area (Å²) in [5.74, 6) is -0.726. The van der Waals surface area contributed by atoms with Crippen molar-refractivity contribution in [3.63, 3.8) is 0 Å². The first-order valence-corrected chi connectivity index (χ1v) is 7.77. The van der Waals surface area contributed by atoms with Gasteiger partial charge >= 0.3 is 12.7 Å². The van der Waals surface area contributed by atoms with Gasteiger partial charge in [-0.25, -0.2) is 0 Å². The number of halogens is 6. The van der Waals surface area contributed by atoms with Crippen LogP contribution in [0.3, 0.4) is 0 Å². The van der Waals surface area contributed by atoms with Crippen LogP contribution in [0, 0.1) is 0 Å². The molecule has 2 aromatic carbocycles. The van der Waals surface area contributed by atoms with Crippen LogP contribution in [0.2, 0.25) is 0 Å². The highest BCUT2D eigenvalue weighted by Crippen LogP contribution is 2.34. The fraction of sp³-hybridized carbons (Fsp3) is 0.105. The fourth-order valence-corrected chi connectivity index (χ4v) is 2.55. The Morgan fingerprint density at radius 2 is 1.00 bits per heavy atom. The first-order valence-electron chi connectivity index (χ1n) is 7.77. The summed E-state index contributed by atoms with van der Waals surface area (Å²) in [7, 11) is 0. The van der Waals surface area contributed by atoms with Gasteiger partial charge < -0.3 is 9.47 Å². The zero-order chi connectivity index (χ0) is 20.4. The topological polar surface area (TPSA) is 31.4 Å². The molecule has 1 aromatic heterocycles. The number of nitrogens with zero attached hydrogens (tertiary/aromatic N) is 1. The summed E-state index contributed by atoms with van der Waals surface area (Å²) in [4.78, 5) is 4.01. The van der Waals surface area contributed by atoms with Crippen LogP contribution >= 0.6 is 0 Å². The third-order valence-corrected chi connectivity index (χ3v) is 3.62. The third kappa shape index (κ3) is 5.15. The Balaban J connectivity index is 1.89. The number of rotatable bonds is 4. The van der Waals surface area contributed by atoms with Crippen molar-refractivity contribution in [3.05, 3.63) is 67.0 Å². The second kappa shape index (κ2) is 7.41. The average molecular weight is 399 g/mol. The quantitative estimate of drug-likeness (QED) is 0.489. The average Bonchev–Trinajstić information content (AvgIpc) is 2.60. The lowest BCUT2D eigenvalue weighted by atomic mass is 9.96. The van der Waals surface area contributed by atoms with Gasteiger partial charge in [0.05, 0.1) is 0 Å². The summed E-state index contributed by atoms with van der Waals surface area (Å²) >= 11 is 0. The molecule has 146 valence electrons. The van der Waals surface area contributed by atoms with Gasteiger partial charge in [0.2, 0.25) is 0 Å². The summed E-state index contributed by atoms with van der Waals surface area (Å²) in [6.07, 6.45) is -6.57. The Morgan fingerprint density at radius 1 is 0.571 bits per heavy atom. The second-order valence-corrected chi connectivity index (χ2v) is 5.57. The van der Waals surface area contributed by atoms with Gasteiger partial charge in [0.25, 0.3) is 0 Å². The smallest absolute Gasteiger partial charge is 0.406 e. The van der Waals surface area contributed by atoms with Crippen molar-refractivity contribution in [2.45, 2.75) is 12.7 Å². The number of benzene rings is 2. The molecule has 0 unspecified atom stereocenters. The van der Waals surface area contributed by atoms with Crippen LogP contribution < -0.4 is 9.47 Å². The van der Waals surface area contributed by atoms with Crippen LogP contribution in [0.1, 0.15) is 0 Å².